The number of fused-ring (bicyclic) bond motifs is 2. The van der Waals surface area contributed by atoms with Crippen LogP contribution < -0.4 is 4.74 Å². The Kier molecular flexibility index (Phi) is 5.33. The Hall–Kier alpha value is -2.97. The fraction of sp³-hybridized carbons (Fsp3) is 0.143. The maximum Gasteiger partial charge on any atom is 0.120 e. The molecule has 0 N–H and O–H groups in total. The standard InChI is InChI=1S/C28H24OS/c1-20(22-11-7-12-26(18-22)29-19-21-8-3-2-4-9-21)23-14-15-28-25(16-23)17-24-10-5-6-13-27(24)30-28/h2-16,18,20H,17,19H2,1H3. The Morgan fingerprint density at radius 1 is 0.733 bits per heavy atom. The maximum atomic E-state index is 6.05. The van der Waals surface area contributed by atoms with Gasteiger partial charge in [-0.15, -0.1) is 0 Å². The lowest BCUT2D eigenvalue weighted by molar-refractivity contribution is 0.306. The second-order valence-corrected chi connectivity index (χ2v) is 8.91. The minimum Gasteiger partial charge on any atom is -0.489 e. The van der Waals surface area contributed by atoms with Crippen molar-refractivity contribution in [3.63, 3.8) is 0 Å². The average Bonchev–Trinajstić information content (AvgIpc) is 2.81. The van der Waals surface area contributed by atoms with Crippen LogP contribution in [0, 0.1) is 0 Å². The van der Waals surface area contributed by atoms with E-state index in [0.717, 1.165) is 12.2 Å². The van der Waals surface area contributed by atoms with Gasteiger partial charge in [0.1, 0.15) is 12.4 Å². The van der Waals surface area contributed by atoms with Crippen LogP contribution in [0.2, 0.25) is 0 Å². The molecular formula is C28H24OS. The highest BCUT2D eigenvalue weighted by Gasteiger charge is 2.18. The Morgan fingerprint density at radius 3 is 2.40 bits per heavy atom. The summed E-state index contributed by atoms with van der Waals surface area (Å²) in [5.74, 6) is 1.24. The smallest absolute Gasteiger partial charge is 0.120 e. The van der Waals surface area contributed by atoms with Gasteiger partial charge in [0, 0.05) is 15.7 Å². The molecule has 5 rings (SSSR count). The van der Waals surface area contributed by atoms with Crippen molar-refractivity contribution < 1.29 is 4.74 Å². The lowest BCUT2D eigenvalue weighted by Gasteiger charge is -2.21. The lowest BCUT2D eigenvalue weighted by Crippen LogP contribution is -2.03. The van der Waals surface area contributed by atoms with Gasteiger partial charge >= 0.3 is 0 Å². The van der Waals surface area contributed by atoms with E-state index in [2.05, 4.69) is 79.7 Å². The normalized spacial score (nSPS) is 13.2. The van der Waals surface area contributed by atoms with Gasteiger partial charge in [-0.2, -0.15) is 0 Å². The molecule has 1 atom stereocenters. The summed E-state index contributed by atoms with van der Waals surface area (Å²) in [6.07, 6.45) is 1.01. The first-order chi connectivity index (χ1) is 14.8. The van der Waals surface area contributed by atoms with Crippen LogP contribution in [0.25, 0.3) is 0 Å². The molecule has 1 aliphatic heterocycles. The molecule has 0 saturated heterocycles. The molecule has 0 spiro atoms. The molecule has 1 heterocycles. The fourth-order valence-electron chi connectivity index (χ4n) is 3.99. The summed E-state index contributed by atoms with van der Waals surface area (Å²) < 4.78 is 6.05. The van der Waals surface area contributed by atoms with Gasteiger partial charge < -0.3 is 4.74 Å². The Bertz CT molecular complexity index is 1170. The van der Waals surface area contributed by atoms with Crippen LogP contribution in [0.15, 0.2) is 107 Å². The summed E-state index contributed by atoms with van der Waals surface area (Å²) >= 11 is 1.89. The van der Waals surface area contributed by atoms with Gasteiger partial charge in [0.05, 0.1) is 0 Å². The largest absolute Gasteiger partial charge is 0.489 e. The van der Waals surface area contributed by atoms with E-state index in [0.29, 0.717) is 12.5 Å². The van der Waals surface area contributed by atoms with E-state index in [-0.39, 0.29) is 0 Å². The van der Waals surface area contributed by atoms with Crippen molar-refractivity contribution in [3.8, 4) is 5.75 Å². The lowest BCUT2D eigenvalue weighted by atomic mass is 9.90. The predicted molar refractivity (Wildman–Crippen MR) is 125 cm³/mol. The molecule has 0 amide bonds. The third kappa shape index (κ3) is 4.01. The van der Waals surface area contributed by atoms with E-state index in [1.807, 2.05) is 36.0 Å². The summed E-state index contributed by atoms with van der Waals surface area (Å²) in [6.45, 7) is 2.87. The highest BCUT2D eigenvalue weighted by atomic mass is 32.2. The number of ether oxygens (including phenoxy) is 1. The van der Waals surface area contributed by atoms with Crippen molar-refractivity contribution in [2.75, 3.05) is 0 Å². The minimum atomic E-state index is 0.317. The monoisotopic (exact) mass is 408 g/mol. The number of rotatable bonds is 5. The molecule has 2 heteroatoms. The Labute approximate surface area is 182 Å². The van der Waals surface area contributed by atoms with E-state index in [9.17, 15) is 0 Å². The van der Waals surface area contributed by atoms with Gasteiger partial charge in [-0.1, -0.05) is 91.5 Å². The molecule has 1 unspecified atom stereocenters. The quantitative estimate of drug-likeness (QED) is 0.298. The van der Waals surface area contributed by atoms with Crippen molar-refractivity contribution in [2.24, 2.45) is 0 Å². The van der Waals surface area contributed by atoms with E-state index >= 15 is 0 Å². The van der Waals surface area contributed by atoms with Crippen LogP contribution in [0.1, 0.15) is 40.7 Å². The molecule has 0 saturated carbocycles. The number of hydrogen-bond acceptors (Lipinski definition) is 2. The third-order valence-electron chi connectivity index (χ3n) is 5.76. The average molecular weight is 409 g/mol. The second-order valence-electron chi connectivity index (χ2n) is 7.82. The van der Waals surface area contributed by atoms with E-state index in [1.54, 1.807) is 0 Å². The minimum absolute atomic E-state index is 0.317. The summed E-state index contributed by atoms with van der Waals surface area (Å²) in [6, 6.07) is 34.5. The molecule has 148 valence electrons. The van der Waals surface area contributed by atoms with E-state index in [4.69, 9.17) is 4.74 Å². The highest BCUT2D eigenvalue weighted by molar-refractivity contribution is 7.99. The zero-order chi connectivity index (χ0) is 20.3. The highest BCUT2D eigenvalue weighted by Crippen LogP contribution is 2.41. The summed E-state index contributed by atoms with van der Waals surface area (Å²) in [7, 11) is 0. The molecule has 0 fully saturated rings. The van der Waals surface area contributed by atoms with Crippen LogP contribution in [-0.4, -0.2) is 0 Å². The Balaban J connectivity index is 1.34. The number of hydrogen-bond donors (Lipinski definition) is 0. The van der Waals surface area contributed by atoms with Crippen molar-refractivity contribution in [2.45, 2.75) is 35.7 Å². The molecular weight excluding hydrogens is 384 g/mol. The van der Waals surface area contributed by atoms with Gasteiger partial charge in [0.25, 0.3) is 0 Å². The second kappa shape index (κ2) is 8.41. The predicted octanol–water partition coefficient (Wildman–Crippen LogP) is 7.47. The Morgan fingerprint density at radius 2 is 1.50 bits per heavy atom. The fourth-order valence-corrected chi connectivity index (χ4v) is 5.04. The molecule has 0 aliphatic carbocycles. The van der Waals surface area contributed by atoms with Crippen LogP contribution >= 0.6 is 11.8 Å². The van der Waals surface area contributed by atoms with Crippen molar-refractivity contribution in [1.29, 1.82) is 0 Å². The molecule has 0 radical (unpaired) electrons. The van der Waals surface area contributed by atoms with Crippen LogP contribution in [0.5, 0.6) is 5.75 Å². The summed E-state index contributed by atoms with van der Waals surface area (Å²) in [5, 5.41) is 0. The van der Waals surface area contributed by atoms with E-state index in [1.165, 1.54) is 37.6 Å². The third-order valence-corrected chi connectivity index (χ3v) is 7.00. The topological polar surface area (TPSA) is 9.23 Å². The first-order valence-electron chi connectivity index (χ1n) is 10.4. The first-order valence-corrected chi connectivity index (χ1v) is 11.2. The molecule has 1 nitrogen and oxygen atoms in total. The van der Waals surface area contributed by atoms with Gasteiger partial charge in [0.2, 0.25) is 0 Å². The van der Waals surface area contributed by atoms with Gasteiger partial charge in [0.15, 0.2) is 0 Å². The van der Waals surface area contributed by atoms with Crippen molar-refractivity contribution in [1.82, 2.24) is 0 Å². The zero-order valence-corrected chi connectivity index (χ0v) is 17.9. The molecule has 1 aliphatic rings. The van der Waals surface area contributed by atoms with Crippen LogP contribution in [-0.2, 0) is 13.0 Å². The van der Waals surface area contributed by atoms with Gasteiger partial charge in [-0.05, 0) is 58.5 Å². The van der Waals surface area contributed by atoms with Crippen LogP contribution in [0.3, 0.4) is 0 Å². The molecule has 0 aromatic heterocycles. The molecule has 4 aromatic carbocycles. The maximum absolute atomic E-state index is 6.05. The summed E-state index contributed by atoms with van der Waals surface area (Å²) in [4.78, 5) is 2.76. The van der Waals surface area contributed by atoms with Crippen LogP contribution in [0.4, 0.5) is 0 Å². The number of benzene rings is 4. The first kappa shape index (κ1) is 19.0. The molecule has 30 heavy (non-hydrogen) atoms. The van der Waals surface area contributed by atoms with E-state index < -0.39 is 0 Å². The van der Waals surface area contributed by atoms with Crippen molar-refractivity contribution >= 4 is 11.8 Å². The molecule has 0 bridgehead atoms. The van der Waals surface area contributed by atoms with Gasteiger partial charge in [-0.25, -0.2) is 0 Å². The molecule has 4 aromatic rings. The van der Waals surface area contributed by atoms with Gasteiger partial charge in [-0.3, -0.25) is 0 Å². The zero-order valence-electron chi connectivity index (χ0n) is 17.0. The van der Waals surface area contributed by atoms with Crippen molar-refractivity contribution in [3.05, 3.63) is 125 Å². The SMILES string of the molecule is CC(c1cccc(OCc2ccccc2)c1)c1ccc2c(c1)Cc1ccccc1S2. The summed E-state index contributed by atoms with van der Waals surface area (Å²) in [5.41, 5.74) is 6.68.